The molecule has 0 saturated carbocycles. The molecule has 1 nitrogen and oxygen atoms in total. The first-order chi connectivity index (χ1) is 5.68. The maximum Gasteiger partial charge on any atom is 0.0590 e. The van der Waals surface area contributed by atoms with Crippen LogP contribution in [0.3, 0.4) is 0 Å². The number of hydrogen-bond donors (Lipinski definition) is 0. The Morgan fingerprint density at radius 2 is 2.25 bits per heavy atom. The minimum atomic E-state index is 0.313. The van der Waals surface area contributed by atoms with Crippen LogP contribution in [0, 0.1) is 5.92 Å². The Morgan fingerprint density at radius 1 is 1.50 bits per heavy atom. The summed E-state index contributed by atoms with van der Waals surface area (Å²) in [4.78, 5) is 0. The number of rotatable bonds is 4. The van der Waals surface area contributed by atoms with Gasteiger partial charge in [0.05, 0.1) is 6.10 Å². The Labute approximate surface area is 80.4 Å². The molecule has 1 saturated heterocycles. The average Bonchev–Trinajstić information content (AvgIpc) is 2.37. The molecule has 2 atom stereocenters. The van der Waals surface area contributed by atoms with Crippen molar-refractivity contribution in [1.29, 1.82) is 0 Å². The Hall–Kier alpha value is 0.250. The van der Waals surface area contributed by atoms with Crippen LogP contribution in [-0.2, 0) is 4.74 Å². The quantitative estimate of drug-likeness (QED) is 0.619. The lowest BCUT2D eigenvalue weighted by molar-refractivity contribution is 0.102. The van der Waals surface area contributed by atoms with E-state index in [1.54, 1.807) is 0 Å². The van der Waals surface area contributed by atoms with Crippen molar-refractivity contribution >= 4 is 11.6 Å². The van der Waals surface area contributed by atoms with Crippen LogP contribution in [0.4, 0.5) is 0 Å². The van der Waals surface area contributed by atoms with Crippen molar-refractivity contribution in [2.75, 3.05) is 6.61 Å². The lowest BCUT2D eigenvalue weighted by Gasteiger charge is -2.15. The van der Waals surface area contributed by atoms with Gasteiger partial charge in [0.25, 0.3) is 0 Å². The molecule has 0 aliphatic carbocycles. The summed E-state index contributed by atoms with van der Waals surface area (Å²) in [6.45, 7) is 5.37. The zero-order chi connectivity index (χ0) is 8.97. The molecule has 1 rings (SSSR count). The lowest BCUT2D eigenvalue weighted by Crippen LogP contribution is -2.14. The van der Waals surface area contributed by atoms with E-state index in [-0.39, 0.29) is 0 Å². The van der Waals surface area contributed by atoms with E-state index in [0.29, 0.717) is 17.4 Å². The highest BCUT2D eigenvalue weighted by Crippen LogP contribution is 2.22. The van der Waals surface area contributed by atoms with E-state index in [0.717, 1.165) is 19.4 Å². The van der Waals surface area contributed by atoms with Gasteiger partial charge in [0.15, 0.2) is 0 Å². The number of hydrogen-bond acceptors (Lipinski definition) is 1. The molecule has 0 bridgehead atoms. The third-order valence-corrected chi connectivity index (χ3v) is 2.63. The lowest BCUT2D eigenvalue weighted by atomic mass is 10.0. The van der Waals surface area contributed by atoms with E-state index >= 15 is 0 Å². The SMILES string of the molecule is CC(C)C[C@@H](Cl)C[C@H]1CCCO1. The van der Waals surface area contributed by atoms with Crippen LogP contribution in [0.15, 0.2) is 0 Å². The summed E-state index contributed by atoms with van der Waals surface area (Å²) < 4.78 is 5.52. The number of ether oxygens (including phenoxy) is 1. The van der Waals surface area contributed by atoms with Crippen LogP contribution in [0.2, 0.25) is 0 Å². The molecule has 0 radical (unpaired) electrons. The Balaban J connectivity index is 2.11. The van der Waals surface area contributed by atoms with Crippen LogP contribution < -0.4 is 0 Å². The third kappa shape index (κ3) is 3.77. The molecule has 1 fully saturated rings. The predicted molar refractivity (Wildman–Crippen MR) is 52.7 cm³/mol. The smallest absolute Gasteiger partial charge is 0.0590 e. The molecular formula is C10H19ClO. The second-order valence-corrected chi connectivity index (χ2v) is 4.71. The maximum absolute atomic E-state index is 6.18. The van der Waals surface area contributed by atoms with E-state index in [4.69, 9.17) is 16.3 Å². The summed E-state index contributed by atoms with van der Waals surface area (Å²) >= 11 is 6.18. The van der Waals surface area contributed by atoms with E-state index in [1.807, 2.05) is 0 Å². The van der Waals surface area contributed by atoms with Gasteiger partial charge in [-0.25, -0.2) is 0 Å². The van der Waals surface area contributed by atoms with Crippen LogP contribution >= 0.6 is 11.6 Å². The van der Waals surface area contributed by atoms with Crippen LogP contribution in [0.1, 0.15) is 39.5 Å². The molecule has 72 valence electrons. The second kappa shape index (κ2) is 5.08. The molecule has 2 heteroatoms. The fourth-order valence-corrected chi connectivity index (χ4v) is 2.28. The topological polar surface area (TPSA) is 9.23 Å². The Kier molecular flexibility index (Phi) is 4.38. The van der Waals surface area contributed by atoms with E-state index in [1.165, 1.54) is 12.8 Å². The number of alkyl halides is 1. The maximum atomic E-state index is 6.18. The monoisotopic (exact) mass is 190 g/mol. The van der Waals surface area contributed by atoms with E-state index in [2.05, 4.69) is 13.8 Å². The molecule has 0 aromatic heterocycles. The van der Waals surface area contributed by atoms with Crippen LogP contribution in [0.25, 0.3) is 0 Å². The minimum Gasteiger partial charge on any atom is -0.378 e. The summed E-state index contributed by atoms with van der Waals surface area (Å²) in [6, 6.07) is 0. The normalized spacial score (nSPS) is 26.5. The fraction of sp³-hybridized carbons (Fsp3) is 1.00. The van der Waals surface area contributed by atoms with Crippen LogP contribution in [-0.4, -0.2) is 18.1 Å². The van der Waals surface area contributed by atoms with Gasteiger partial charge in [-0.15, -0.1) is 11.6 Å². The molecule has 0 aromatic rings. The van der Waals surface area contributed by atoms with Crippen molar-refractivity contribution < 1.29 is 4.74 Å². The van der Waals surface area contributed by atoms with Gasteiger partial charge in [-0.2, -0.15) is 0 Å². The van der Waals surface area contributed by atoms with Gasteiger partial charge in [-0.1, -0.05) is 13.8 Å². The van der Waals surface area contributed by atoms with E-state index in [9.17, 15) is 0 Å². The van der Waals surface area contributed by atoms with Gasteiger partial charge in [0.1, 0.15) is 0 Å². The van der Waals surface area contributed by atoms with E-state index < -0.39 is 0 Å². The van der Waals surface area contributed by atoms with Gasteiger partial charge >= 0.3 is 0 Å². The summed E-state index contributed by atoms with van der Waals surface area (Å²) in [6.07, 6.45) is 5.03. The standard InChI is InChI=1S/C10H19ClO/c1-8(2)6-9(11)7-10-4-3-5-12-10/h8-10H,3-7H2,1-2H3/t9-,10-/m1/s1. The fourth-order valence-electron chi connectivity index (χ4n) is 1.72. The molecular weight excluding hydrogens is 172 g/mol. The van der Waals surface area contributed by atoms with Crippen molar-refractivity contribution in [3.63, 3.8) is 0 Å². The summed E-state index contributed by atoms with van der Waals surface area (Å²) in [5.41, 5.74) is 0. The van der Waals surface area contributed by atoms with Crippen molar-refractivity contribution in [3.05, 3.63) is 0 Å². The molecule has 12 heavy (non-hydrogen) atoms. The Bertz CT molecular complexity index is 119. The molecule has 0 spiro atoms. The highest BCUT2D eigenvalue weighted by atomic mass is 35.5. The first kappa shape index (κ1) is 10.3. The molecule has 0 unspecified atom stereocenters. The van der Waals surface area contributed by atoms with Crippen molar-refractivity contribution in [3.8, 4) is 0 Å². The molecule has 0 aromatic carbocycles. The second-order valence-electron chi connectivity index (χ2n) is 4.10. The van der Waals surface area contributed by atoms with Crippen LogP contribution in [0.5, 0.6) is 0 Å². The highest BCUT2D eigenvalue weighted by Gasteiger charge is 2.19. The summed E-state index contributed by atoms with van der Waals surface area (Å²) in [7, 11) is 0. The molecule has 1 aliphatic rings. The van der Waals surface area contributed by atoms with Crippen molar-refractivity contribution in [2.45, 2.75) is 51.0 Å². The molecule has 0 N–H and O–H groups in total. The largest absolute Gasteiger partial charge is 0.378 e. The third-order valence-electron chi connectivity index (χ3n) is 2.27. The zero-order valence-electron chi connectivity index (χ0n) is 8.05. The van der Waals surface area contributed by atoms with Gasteiger partial charge < -0.3 is 4.74 Å². The highest BCUT2D eigenvalue weighted by molar-refractivity contribution is 6.20. The average molecular weight is 191 g/mol. The van der Waals surface area contributed by atoms with Crippen molar-refractivity contribution in [1.82, 2.24) is 0 Å². The van der Waals surface area contributed by atoms with Crippen molar-refractivity contribution in [2.24, 2.45) is 5.92 Å². The van der Waals surface area contributed by atoms with Gasteiger partial charge in [0, 0.05) is 12.0 Å². The molecule has 0 amide bonds. The first-order valence-corrected chi connectivity index (χ1v) is 5.37. The molecule has 1 heterocycles. The van der Waals surface area contributed by atoms with Gasteiger partial charge in [0.2, 0.25) is 0 Å². The summed E-state index contributed by atoms with van der Waals surface area (Å²) in [5.74, 6) is 0.703. The predicted octanol–water partition coefficient (Wildman–Crippen LogP) is 3.21. The van der Waals surface area contributed by atoms with Gasteiger partial charge in [-0.05, 0) is 31.6 Å². The minimum absolute atomic E-state index is 0.313. The summed E-state index contributed by atoms with van der Waals surface area (Å²) in [5, 5.41) is 0.313. The zero-order valence-corrected chi connectivity index (χ0v) is 8.81. The Morgan fingerprint density at radius 3 is 2.75 bits per heavy atom. The number of halogens is 1. The first-order valence-electron chi connectivity index (χ1n) is 4.94. The van der Waals surface area contributed by atoms with Gasteiger partial charge in [-0.3, -0.25) is 0 Å². The molecule has 1 aliphatic heterocycles.